The van der Waals surface area contributed by atoms with Crippen molar-refractivity contribution in [1.29, 1.82) is 0 Å². The van der Waals surface area contributed by atoms with Gasteiger partial charge in [-0.3, -0.25) is 0 Å². The van der Waals surface area contributed by atoms with E-state index in [9.17, 15) is 13.2 Å². The lowest BCUT2D eigenvalue weighted by Gasteiger charge is -2.29. The van der Waals surface area contributed by atoms with Gasteiger partial charge in [0.05, 0.1) is 5.56 Å². The molecule has 21 heavy (non-hydrogen) atoms. The molecule has 1 fully saturated rings. The molecule has 1 aromatic carbocycles. The highest BCUT2D eigenvalue weighted by Gasteiger charge is 2.35. The molecule has 1 aliphatic carbocycles. The zero-order valence-electron chi connectivity index (χ0n) is 12.7. The molecule has 1 nitrogen and oxygen atoms in total. The van der Waals surface area contributed by atoms with Crippen LogP contribution in [0.4, 0.5) is 13.2 Å². The summed E-state index contributed by atoms with van der Waals surface area (Å²) < 4.78 is 38.6. The monoisotopic (exact) mass is 299 g/mol. The van der Waals surface area contributed by atoms with E-state index in [4.69, 9.17) is 5.73 Å². The number of hydrogen-bond donors (Lipinski definition) is 1. The van der Waals surface area contributed by atoms with Crippen molar-refractivity contribution in [2.24, 2.45) is 17.6 Å². The van der Waals surface area contributed by atoms with E-state index in [0.29, 0.717) is 17.4 Å². The van der Waals surface area contributed by atoms with E-state index in [1.54, 1.807) is 6.07 Å². The second kappa shape index (κ2) is 5.99. The molecule has 0 amide bonds. The highest BCUT2D eigenvalue weighted by atomic mass is 19.4. The van der Waals surface area contributed by atoms with E-state index >= 15 is 0 Å². The fraction of sp³-hybridized carbons (Fsp3) is 0.647. The van der Waals surface area contributed by atoms with Gasteiger partial charge in [-0.15, -0.1) is 0 Å². The summed E-state index contributed by atoms with van der Waals surface area (Å²) in [5.41, 5.74) is 5.89. The van der Waals surface area contributed by atoms with Crippen molar-refractivity contribution in [3.05, 3.63) is 35.4 Å². The number of halogens is 3. The van der Waals surface area contributed by atoms with Gasteiger partial charge in [0.2, 0.25) is 0 Å². The Balaban J connectivity index is 2.24. The molecule has 0 spiro atoms. The molecular weight excluding hydrogens is 275 g/mol. The van der Waals surface area contributed by atoms with E-state index in [2.05, 4.69) is 13.8 Å². The summed E-state index contributed by atoms with van der Waals surface area (Å²) in [5, 5.41) is 0. The largest absolute Gasteiger partial charge is 0.416 e. The minimum atomic E-state index is -4.31. The number of hydrogen-bond acceptors (Lipinski definition) is 1. The van der Waals surface area contributed by atoms with Crippen LogP contribution in [0.2, 0.25) is 0 Å². The molecule has 0 aliphatic heterocycles. The summed E-state index contributed by atoms with van der Waals surface area (Å²) >= 11 is 0. The average molecular weight is 299 g/mol. The summed E-state index contributed by atoms with van der Waals surface area (Å²) in [6.07, 6.45) is 0.307. The van der Waals surface area contributed by atoms with Crippen LogP contribution in [0.25, 0.3) is 0 Å². The third-order valence-corrected chi connectivity index (χ3v) is 4.87. The molecule has 2 unspecified atom stereocenters. The van der Waals surface area contributed by atoms with Gasteiger partial charge in [0.15, 0.2) is 0 Å². The van der Waals surface area contributed by atoms with Crippen LogP contribution in [0.1, 0.15) is 57.1 Å². The summed E-state index contributed by atoms with van der Waals surface area (Å²) in [6.45, 7) is 4.41. The maximum Gasteiger partial charge on any atom is 0.416 e. The van der Waals surface area contributed by atoms with Crippen LogP contribution in [0.15, 0.2) is 24.3 Å². The van der Waals surface area contributed by atoms with Gasteiger partial charge in [0.1, 0.15) is 0 Å². The Morgan fingerprint density at radius 3 is 2.52 bits per heavy atom. The molecule has 1 aliphatic rings. The first-order valence-corrected chi connectivity index (χ1v) is 7.69. The first kappa shape index (κ1) is 16.3. The van der Waals surface area contributed by atoms with Crippen molar-refractivity contribution >= 4 is 0 Å². The third kappa shape index (κ3) is 3.79. The van der Waals surface area contributed by atoms with Gasteiger partial charge in [-0.1, -0.05) is 38.8 Å². The highest BCUT2D eigenvalue weighted by molar-refractivity contribution is 5.31. The number of benzene rings is 1. The average Bonchev–Trinajstić information content (AvgIpc) is 2.61. The van der Waals surface area contributed by atoms with E-state index < -0.39 is 17.3 Å². The van der Waals surface area contributed by atoms with E-state index in [1.807, 2.05) is 0 Å². The predicted octanol–water partition coefficient (Wildman–Crippen LogP) is 5.10. The van der Waals surface area contributed by atoms with Gasteiger partial charge in [-0.25, -0.2) is 0 Å². The van der Waals surface area contributed by atoms with Crippen LogP contribution in [-0.4, -0.2) is 0 Å². The molecule has 118 valence electrons. The van der Waals surface area contributed by atoms with E-state index in [1.165, 1.54) is 12.1 Å². The standard InChI is InChI=1S/C17H24F3N/c1-12(2)13-5-4-9-16(21,10-8-13)14-6-3-7-15(11-14)17(18,19)20/h3,6-7,11-13H,4-5,8-10,21H2,1-2H3. The van der Waals surface area contributed by atoms with Gasteiger partial charge in [-0.05, 0) is 48.8 Å². The summed E-state index contributed by atoms with van der Waals surface area (Å²) in [5.74, 6) is 1.23. The Morgan fingerprint density at radius 1 is 1.19 bits per heavy atom. The molecule has 0 heterocycles. The molecular formula is C17H24F3N. The normalized spacial score (nSPS) is 27.7. The molecule has 4 heteroatoms. The van der Waals surface area contributed by atoms with Gasteiger partial charge in [0, 0.05) is 5.54 Å². The van der Waals surface area contributed by atoms with E-state index in [-0.39, 0.29) is 0 Å². The molecule has 2 rings (SSSR count). The van der Waals surface area contributed by atoms with Gasteiger partial charge in [0.25, 0.3) is 0 Å². The van der Waals surface area contributed by atoms with Crippen molar-refractivity contribution in [3.8, 4) is 0 Å². The second-order valence-corrected chi connectivity index (χ2v) is 6.67. The van der Waals surface area contributed by atoms with Crippen molar-refractivity contribution in [2.75, 3.05) is 0 Å². The summed E-state index contributed by atoms with van der Waals surface area (Å²) in [4.78, 5) is 0. The topological polar surface area (TPSA) is 26.0 Å². The maximum atomic E-state index is 12.9. The van der Waals surface area contributed by atoms with Crippen LogP contribution in [0, 0.1) is 11.8 Å². The summed E-state index contributed by atoms with van der Waals surface area (Å²) in [7, 11) is 0. The fourth-order valence-corrected chi connectivity index (χ4v) is 3.35. The lowest BCUT2D eigenvalue weighted by molar-refractivity contribution is -0.137. The maximum absolute atomic E-state index is 12.9. The first-order chi connectivity index (χ1) is 9.72. The van der Waals surface area contributed by atoms with Crippen molar-refractivity contribution in [2.45, 2.75) is 57.7 Å². The van der Waals surface area contributed by atoms with Crippen LogP contribution >= 0.6 is 0 Å². The van der Waals surface area contributed by atoms with Crippen LogP contribution in [-0.2, 0) is 11.7 Å². The van der Waals surface area contributed by atoms with Crippen LogP contribution in [0.3, 0.4) is 0 Å². The van der Waals surface area contributed by atoms with Gasteiger partial charge in [-0.2, -0.15) is 13.2 Å². The zero-order valence-corrected chi connectivity index (χ0v) is 12.7. The van der Waals surface area contributed by atoms with Crippen LogP contribution in [0.5, 0.6) is 0 Å². The van der Waals surface area contributed by atoms with Crippen LogP contribution < -0.4 is 5.73 Å². The zero-order chi connectivity index (χ0) is 15.7. The smallest absolute Gasteiger partial charge is 0.321 e. The Kier molecular flexibility index (Phi) is 4.66. The Labute approximate surface area is 124 Å². The van der Waals surface area contributed by atoms with E-state index in [0.717, 1.165) is 38.2 Å². The quantitative estimate of drug-likeness (QED) is 0.756. The third-order valence-electron chi connectivity index (χ3n) is 4.87. The van der Waals surface area contributed by atoms with Crippen molar-refractivity contribution in [3.63, 3.8) is 0 Å². The minimum absolute atomic E-state index is 0.602. The second-order valence-electron chi connectivity index (χ2n) is 6.67. The predicted molar refractivity (Wildman–Crippen MR) is 78.7 cm³/mol. The first-order valence-electron chi connectivity index (χ1n) is 7.69. The lowest BCUT2D eigenvalue weighted by atomic mass is 9.82. The molecule has 0 saturated heterocycles. The molecule has 1 aromatic rings. The number of nitrogens with two attached hydrogens (primary N) is 1. The summed E-state index contributed by atoms with van der Waals surface area (Å²) in [6, 6.07) is 5.55. The molecule has 0 aromatic heterocycles. The van der Waals surface area contributed by atoms with Crippen molar-refractivity contribution < 1.29 is 13.2 Å². The molecule has 2 atom stereocenters. The number of rotatable bonds is 2. The SMILES string of the molecule is CC(C)C1CCCC(N)(c2cccc(C(F)(F)F)c2)CC1. The Morgan fingerprint density at radius 2 is 1.90 bits per heavy atom. The molecule has 0 radical (unpaired) electrons. The number of alkyl halides is 3. The van der Waals surface area contributed by atoms with Gasteiger partial charge < -0.3 is 5.73 Å². The van der Waals surface area contributed by atoms with Crippen molar-refractivity contribution in [1.82, 2.24) is 0 Å². The highest BCUT2D eigenvalue weighted by Crippen LogP contribution is 2.39. The van der Waals surface area contributed by atoms with Gasteiger partial charge >= 0.3 is 6.18 Å². The Bertz CT molecular complexity index is 481. The lowest BCUT2D eigenvalue weighted by Crippen LogP contribution is -2.36. The molecule has 0 bridgehead atoms. The molecule has 1 saturated carbocycles. The molecule has 2 N–H and O–H groups in total. The Hall–Kier alpha value is -1.03. The minimum Gasteiger partial charge on any atom is -0.321 e. The fourth-order valence-electron chi connectivity index (χ4n) is 3.35.